The molecule has 29 heavy (non-hydrogen) atoms. The summed E-state index contributed by atoms with van der Waals surface area (Å²) in [5.41, 5.74) is 3.54. The molecular weight excluding hydrogens is 392 g/mol. The standard InChI is InChI=1S/C20H20N4O4S/c1-11-2-5-14-16(6-11)29-19-18(14)20(28)24(10-21-19)9-17(27)23-22-8-12-3-4-13(25)7-15(12)26/h3-4,7-8,10-11,25-26H,2,5-6,9H2,1H3,(H,23,27)/b22-8+/t11-/m1/s1. The van der Waals surface area contributed by atoms with Gasteiger partial charge in [0.15, 0.2) is 0 Å². The number of hydrogen-bond donors (Lipinski definition) is 3. The molecule has 3 aromatic rings. The van der Waals surface area contributed by atoms with Crippen molar-refractivity contribution < 1.29 is 15.0 Å². The van der Waals surface area contributed by atoms with Gasteiger partial charge in [0, 0.05) is 16.5 Å². The second kappa shape index (κ2) is 7.67. The summed E-state index contributed by atoms with van der Waals surface area (Å²) in [6.45, 7) is 2.00. The number of aromatic nitrogens is 2. The second-order valence-corrected chi connectivity index (χ2v) is 8.33. The largest absolute Gasteiger partial charge is 0.508 e. The molecule has 2 aromatic heterocycles. The predicted molar refractivity (Wildman–Crippen MR) is 111 cm³/mol. The van der Waals surface area contributed by atoms with Gasteiger partial charge < -0.3 is 10.2 Å². The lowest BCUT2D eigenvalue weighted by molar-refractivity contribution is -0.121. The maximum atomic E-state index is 12.9. The fourth-order valence-electron chi connectivity index (χ4n) is 3.48. The van der Waals surface area contributed by atoms with Crippen LogP contribution in [0, 0.1) is 5.92 Å². The van der Waals surface area contributed by atoms with Crippen molar-refractivity contribution in [3.8, 4) is 11.5 Å². The van der Waals surface area contributed by atoms with Gasteiger partial charge in [0.05, 0.1) is 17.9 Å². The van der Waals surface area contributed by atoms with Gasteiger partial charge in [-0.05, 0) is 42.9 Å². The van der Waals surface area contributed by atoms with Crippen LogP contribution in [-0.2, 0) is 24.2 Å². The Labute approximate surface area is 170 Å². The van der Waals surface area contributed by atoms with Crippen molar-refractivity contribution in [2.45, 2.75) is 32.7 Å². The van der Waals surface area contributed by atoms with Gasteiger partial charge in [-0.25, -0.2) is 10.4 Å². The number of nitrogens with zero attached hydrogens (tertiary/aromatic N) is 3. The quantitative estimate of drug-likeness (QED) is 0.448. The highest BCUT2D eigenvalue weighted by atomic mass is 32.1. The molecule has 0 unspecified atom stereocenters. The first-order chi connectivity index (χ1) is 13.9. The van der Waals surface area contributed by atoms with E-state index in [0.717, 1.165) is 29.7 Å². The third-order valence-corrected chi connectivity index (χ3v) is 6.17. The SMILES string of the molecule is C[C@@H]1CCc2c(sc3ncn(CC(=O)N/N=C/c4ccc(O)cc4O)c(=O)c23)C1. The number of amides is 1. The van der Waals surface area contributed by atoms with Crippen molar-refractivity contribution in [3.05, 3.63) is 50.9 Å². The number of aryl methyl sites for hydroxylation is 1. The van der Waals surface area contributed by atoms with Crippen molar-refractivity contribution >= 4 is 33.7 Å². The fraction of sp³-hybridized carbons (Fsp3) is 0.300. The van der Waals surface area contributed by atoms with E-state index in [1.807, 2.05) is 0 Å². The number of hydrazone groups is 1. The number of aromatic hydroxyl groups is 2. The van der Waals surface area contributed by atoms with Crippen molar-refractivity contribution in [1.29, 1.82) is 0 Å². The number of carbonyl (C=O) groups is 1. The van der Waals surface area contributed by atoms with Gasteiger partial charge in [0.2, 0.25) is 0 Å². The molecule has 9 heteroatoms. The highest BCUT2D eigenvalue weighted by Crippen LogP contribution is 2.35. The number of phenolic OH excluding ortho intramolecular Hbond substituents is 2. The van der Waals surface area contributed by atoms with Crippen LogP contribution in [0.5, 0.6) is 11.5 Å². The Morgan fingerprint density at radius 3 is 3.07 bits per heavy atom. The van der Waals surface area contributed by atoms with Gasteiger partial charge in [-0.15, -0.1) is 11.3 Å². The summed E-state index contributed by atoms with van der Waals surface area (Å²) in [5, 5.41) is 23.4. The Hall–Kier alpha value is -3.20. The first-order valence-corrected chi connectivity index (χ1v) is 10.1. The number of hydrogen-bond acceptors (Lipinski definition) is 7. The topological polar surface area (TPSA) is 117 Å². The van der Waals surface area contributed by atoms with E-state index in [4.69, 9.17) is 0 Å². The van der Waals surface area contributed by atoms with Crippen LogP contribution < -0.4 is 11.0 Å². The molecule has 0 saturated heterocycles. The molecular formula is C20H20N4O4S. The highest BCUT2D eigenvalue weighted by molar-refractivity contribution is 7.18. The van der Waals surface area contributed by atoms with Crippen LogP contribution in [0.25, 0.3) is 10.2 Å². The van der Waals surface area contributed by atoms with Crippen LogP contribution in [0.2, 0.25) is 0 Å². The van der Waals surface area contributed by atoms with Crippen LogP contribution in [0.3, 0.4) is 0 Å². The minimum atomic E-state index is -0.486. The van der Waals surface area contributed by atoms with Gasteiger partial charge in [0.25, 0.3) is 11.5 Å². The van der Waals surface area contributed by atoms with E-state index in [1.54, 1.807) is 11.3 Å². The molecule has 0 bridgehead atoms. The molecule has 0 spiro atoms. The van der Waals surface area contributed by atoms with Crippen LogP contribution in [-0.4, -0.2) is 31.9 Å². The molecule has 0 radical (unpaired) electrons. The first kappa shape index (κ1) is 19.1. The molecule has 1 atom stereocenters. The van der Waals surface area contributed by atoms with Crippen molar-refractivity contribution in [3.63, 3.8) is 0 Å². The minimum Gasteiger partial charge on any atom is -0.508 e. The Balaban J connectivity index is 1.50. The third kappa shape index (κ3) is 3.86. The lowest BCUT2D eigenvalue weighted by Gasteiger charge is -2.17. The molecule has 1 amide bonds. The average Bonchev–Trinajstić information content (AvgIpc) is 3.04. The lowest BCUT2D eigenvalue weighted by atomic mass is 9.89. The van der Waals surface area contributed by atoms with Crippen LogP contribution >= 0.6 is 11.3 Å². The summed E-state index contributed by atoms with van der Waals surface area (Å²) in [6, 6.07) is 4.03. The normalized spacial score (nSPS) is 16.2. The molecule has 150 valence electrons. The number of thiophene rings is 1. The van der Waals surface area contributed by atoms with Gasteiger partial charge >= 0.3 is 0 Å². The molecule has 2 heterocycles. The number of rotatable bonds is 4. The van der Waals surface area contributed by atoms with Gasteiger partial charge in [-0.1, -0.05) is 6.92 Å². The smallest absolute Gasteiger partial charge is 0.262 e. The Bertz CT molecular complexity index is 1180. The maximum absolute atomic E-state index is 12.9. The maximum Gasteiger partial charge on any atom is 0.262 e. The zero-order valence-corrected chi connectivity index (χ0v) is 16.6. The second-order valence-electron chi connectivity index (χ2n) is 7.25. The fourth-order valence-corrected chi connectivity index (χ4v) is 4.82. The summed E-state index contributed by atoms with van der Waals surface area (Å²) in [4.78, 5) is 31.4. The molecule has 0 fully saturated rings. The molecule has 1 aromatic carbocycles. The van der Waals surface area contributed by atoms with Crippen molar-refractivity contribution in [1.82, 2.24) is 15.0 Å². The zero-order chi connectivity index (χ0) is 20.5. The average molecular weight is 412 g/mol. The number of nitrogens with one attached hydrogen (secondary N) is 1. The Kier molecular flexibility index (Phi) is 5.06. The van der Waals surface area contributed by atoms with Crippen molar-refractivity contribution in [2.24, 2.45) is 11.0 Å². The third-order valence-electron chi connectivity index (χ3n) is 5.00. The van der Waals surface area contributed by atoms with Gasteiger partial charge in [-0.3, -0.25) is 14.2 Å². The Morgan fingerprint density at radius 1 is 1.45 bits per heavy atom. The molecule has 0 aliphatic heterocycles. The summed E-state index contributed by atoms with van der Waals surface area (Å²) in [5.74, 6) is -0.114. The van der Waals surface area contributed by atoms with E-state index in [2.05, 4.69) is 22.4 Å². The van der Waals surface area contributed by atoms with Crippen LogP contribution in [0.4, 0.5) is 0 Å². The van der Waals surface area contributed by atoms with E-state index in [-0.39, 0.29) is 23.6 Å². The van der Waals surface area contributed by atoms with Gasteiger partial charge in [-0.2, -0.15) is 5.10 Å². The summed E-state index contributed by atoms with van der Waals surface area (Å²) >= 11 is 1.57. The summed E-state index contributed by atoms with van der Waals surface area (Å²) in [6.07, 6.45) is 5.53. The number of carbonyl (C=O) groups excluding carboxylic acids is 1. The molecule has 0 saturated carbocycles. The number of benzene rings is 1. The predicted octanol–water partition coefficient (Wildman–Crippen LogP) is 2.14. The summed E-state index contributed by atoms with van der Waals surface area (Å²) < 4.78 is 1.29. The van der Waals surface area contributed by atoms with E-state index in [0.29, 0.717) is 16.9 Å². The van der Waals surface area contributed by atoms with E-state index in [1.165, 1.54) is 40.2 Å². The molecule has 1 aliphatic carbocycles. The van der Waals surface area contributed by atoms with Gasteiger partial charge in [0.1, 0.15) is 22.9 Å². The molecule has 4 rings (SSSR count). The monoisotopic (exact) mass is 412 g/mol. The lowest BCUT2D eigenvalue weighted by Crippen LogP contribution is -2.30. The first-order valence-electron chi connectivity index (χ1n) is 9.26. The van der Waals surface area contributed by atoms with E-state index in [9.17, 15) is 19.8 Å². The van der Waals surface area contributed by atoms with E-state index >= 15 is 0 Å². The molecule has 8 nitrogen and oxygen atoms in total. The van der Waals surface area contributed by atoms with Crippen LogP contribution in [0.1, 0.15) is 29.3 Å². The minimum absolute atomic E-state index is 0.0731. The zero-order valence-electron chi connectivity index (χ0n) is 15.8. The summed E-state index contributed by atoms with van der Waals surface area (Å²) in [7, 11) is 0. The van der Waals surface area contributed by atoms with E-state index < -0.39 is 5.91 Å². The number of fused-ring (bicyclic) bond motifs is 3. The van der Waals surface area contributed by atoms with Crippen LogP contribution in [0.15, 0.2) is 34.4 Å². The molecule has 3 N–H and O–H groups in total. The number of phenols is 2. The highest BCUT2D eigenvalue weighted by Gasteiger charge is 2.23. The molecule has 1 aliphatic rings. The van der Waals surface area contributed by atoms with Crippen molar-refractivity contribution in [2.75, 3.05) is 0 Å². The Morgan fingerprint density at radius 2 is 2.28 bits per heavy atom.